The Bertz CT molecular complexity index is 909. The monoisotopic (exact) mass is 446 g/mol. The van der Waals surface area contributed by atoms with Crippen molar-refractivity contribution in [3.05, 3.63) is 57.4 Å². The first-order chi connectivity index (χ1) is 14.8. The molecule has 0 saturated heterocycles. The molecule has 0 aromatic heterocycles. The van der Waals surface area contributed by atoms with E-state index in [0.29, 0.717) is 47.9 Å². The maximum absolute atomic E-state index is 13.4. The summed E-state index contributed by atoms with van der Waals surface area (Å²) in [4.78, 5) is 26.5. The summed E-state index contributed by atoms with van der Waals surface area (Å²) >= 11 is 6.64. The average molecular weight is 447 g/mol. The summed E-state index contributed by atoms with van der Waals surface area (Å²) in [6, 6.07) is 0. The molecular weight excluding hydrogens is 416 g/mol. The molecule has 7 heteroatoms. The number of allylic oxidation sites excluding steroid dienone is 8. The Morgan fingerprint density at radius 3 is 2.74 bits per heavy atom. The van der Waals surface area contributed by atoms with Crippen molar-refractivity contribution in [2.24, 2.45) is 17.1 Å². The highest BCUT2D eigenvalue weighted by Crippen LogP contribution is 2.46. The third kappa shape index (κ3) is 5.20. The van der Waals surface area contributed by atoms with Gasteiger partial charge in [0.05, 0.1) is 31.1 Å². The molecule has 1 heterocycles. The quantitative estimate of drug-likeness (QED) is 0.458. The minimum Gasteiger partial charge on any atom is -0.463 e. The molecule has 31 heavy (non-hydrogen) atoms. The van der Waals surface area contributed by atoms with Crippen LogP contribution < -0.4 is 11.1 Å². The first-order valence-corrected chi connectivity index (χ1v) is 11.1. The Morgan fingerprint density at radius 1 is 1.29 bits per heavy atom. The van der Waals surface area contributed by atoms with Gasteiger partial charge >= 0.3 is 5.97 Å². The minimum absolute atomic E-state index is 0.0195. The second-order valence-electron chi connectivity index (χ2n) is 8.69. The van der Waals surface area contributed by atoms with Crippen LogP contribution in [0.1, 0.15) is 40.0 Å². The van der Waals surface area contributed by atoms with E-state index in [2.05, 4.69) is 19.2 Å². The molecule has 0 fully saturated rings. The molecule has 1 aliphatic heterocycles. The van der Waals surface area contributed by atoms with Gasteiger partial charge in [-0.3, -0.25) is 4.79 Å². The van der Waals surface area contributed by atoms with Crippen LogP contribution in [0.4, 0.5) is 0 Å². The summed E-state index contributed by atoms with van der Waals surface area (Å²) in [6.45, 7) is 7.01. The summed E-state index contributed by atoms with van der Waals surface area (Å²) in [5, 5.41) is 3.86. The van der Waals surface area contributed by atoms with Crippen molar-refractivity contribution in [3.63, 3.8) is 0 Å². The maximum Gasteiger partial charge on any atom is 0.336 e. The van der Waals surface area contributed by atoms with E-state index in [-0.39, 0.29) is 24.4 Å². The second-order valence-corrected chi connectivity index (χ2v) is 9.10. The summed E-state index contributed by atoms with van der Waals surface area (Å²) in [7, 11) is 0. The highest BCUT2D eigenvalue weighted by molar-refractivity contribution is 6.32. The molecule has 0 bridgehead atoms. The minimum atomic E-state index is -0.609. The predicted octanol–water partition coefficient (Wildman–Crippen LogP) is 3.65. The number of nitrogens with one attached hydrogen (secondary N) is 1. The number of ether oxygens (including phenoxy) is 2. The fourth-order valence-electron chi connectivity index (χ4n) is 4.34. The highest BCUT2D eigenvalue weighted by Gasteiger charge is 2.44. The van der Waals surface area contributed by atoms with Gasteiger partial charge in [0, 0.05) is 35.2 Å². The normalized spacial score (nSPS) is 23.0. The summed E-state index contributed by atoms with van der Waals surface area (Å²) in [5.41, 5.74) is 8.50. The molecule has 3 aliphatic rings. The van der Waals surface area contributed by atoms with Crippen LogP contribution in [0.25, 0.3) is 0 Å². The van der Waals surface area contributed by atoms with E-state index in [9.17, 15) is 9.59 Å². The number of dihydropyridines is 1. The number of halogens is 1. The zero-order valence-electron chi connectivity index (χ0n) is 18.4. The van der Waals surface area contributed by atoms with Gasteiger partial charge in [-0.15, -0.1) is 0 Å². The zero-order valence-corrected chi connectivity index (χ0v) is 19.2. The summed E-state index contributed by atoms with van der Waals surface area (Å²) in [5.74, 6) is -1.07. The van der Waals surface area contributed by atoms with Crippen LogP contribution in [0.15, 0.2) is 57.4 Å². The lowest BCUT2D eigenvalue weighted by Gasteiger charge is -2.40. The lowest BCUT2D eigenvalue weighted by atomic mass is 9.68. The number of carbonyl (C=O) groups excluding carboxylic acids is 2. The van der Waals surface area contributed by atoms with Crippen LogP contribution in [0.3, 0.4) is 0 Å². The molecule has 1 atom stereocenters. The predicted molar refractivity (Wildman–Crippen MR) is 121 cm³/mol. The van der Waals surface area contributed by atoms with Crippen molar-refractivity contribution < 1.29 is 19.1 Å². The van der Waals surface area contributed by atoms with Crippen LogP contribution in [0.5, 0.6) is 0 Å². The van der Waals surface area contributed by atoms with E-state index in [1.54, 1.807) is 6.92 Å². The molecule has 3 N–H and O–H groups in total. The largest absolute Gasteiger partial charge is 0.463 e. The summed E-state index contributed by atoms with van der Waals surface area (Å²) in [6.07, 6.45) is 9.48. The van der Waals surface area contributed by atoms with Crippen molar-refractivity contribution in [1.82, 2.24) is 5.32 Å². The van der Waals surface area contributed by atoms with Crippen molar-refractivity contribution in [3.8, 4) is 0 Å². The van der Waals surface area contributed by atoms with Crippen LogP contribution in [0.2, 0.25) is 0 Å². The van der Waals surface area contributed by atoms with Crippen molar-refractivity contribution in [2.45, 2.75) is 40.0 Å². The Hall–Kier alpha value is -2.15. The highest BCUT2D eigenvalue weighted by atomic mass is 35.5. The molecule has 0 saturated carbocycles. The first-order valence-electron chi connectivity index (χ1n) is 10.7. The maximum atomic E-state index is 13.4. The van der Waals surface area contributed by atoms with Crippen LogP contribution in [0, 0.1) is 11.3 Å². The van der Waals surface area contributed by atoms with Crippen molar-refractivity contribution >= 4 is 23.4 Å². The van der Waals surface area contributed by atoms with Gasteiger partial charge in [-0.05, 0) is 36.8 Å². The molecule has 0 amide bonds. The number of hydrogen-bond acceptors (Lipinski definition) is 6. The topological polar surface area (TPSA) is 90.7 Å². The van der Waals surface area contributed by atoms with E-state index in [4.69, 9.17) is 26.8 Å². The number of esters is 1. The second kappa shape index (κ2) is 9.98. The van der Waals surface area contributed by atoms with Gasteiger partial charge < -0.3 is 20.5 Å². The standard InChI is InChI=1S/C24H31ClN2O4/c1-4-31-23(29)22-18(14-30-11-10-26)27-17-12-24(2,3)13-19(28)21(17)20(22)15-8-6-5-7-9-16(15)25/h6-9,20,27H,4-5,10-14,26H2,1-3H3. The van der Waals surface area contributed by atoms with Gasteiger partial charge in [-0.25, -0.2) is 4.79 Å². The number of ketones is 1. The smallest absolute Gasteiger partial charge is 0.336 e. The number of carbonyl (C=O) groups is 2. The Labute approximate surface area is 188 Å². The molecule has 1 unspecified atom stereocenters. The molecule has 0 radical (unpaired) electrons. The lowest BCUT2D eigenvalue weighted by molar-refractivity contribution is -0.139. The van der Waals surface area contributed by atoms with Gasteiger partial charge in [-0.1, -0.05) is 43.7 Å². The Balaban J connectivity index is 2.21. The average Bonchev–Trinajstić information content (AvgIpc) is 2.90. The molecule has 0 aromatic carbocycles. The van der Waals surface area contributed by atoms with Crippen molar-refractivity contribution in [2.75, 3.05) is 26.4 Å². The van der Waals surface area contributed by atoms with E-state index >= 15 is 0 Å². The van der Waals surface area contributed by atoms with Crippen LogP contribution >= 0.6 is 11.6 Å². The van der Waals surface area contributed by atoms with E-state index in [1.165, 1.54) is 0 Å². The number of hydrogen-bond donors (Lipinski definition) is 2. The fourth-order valence-corrected chi connectivity index (χ4v) is 4.60. The Kier molecular flexibility index (Phi) is 7.57. The number of Topliss-reactive ketones (excluding diaryl/α,β-unsaturated/α-hetero) is 1. The van der Waals surface area contributed by atoms with Gasteiger partial charge in [0.2, 0.25) is 0 Å². The molecule has 0 aromatic rings. The van der Waals surface area contributed by atoms with Gasteiger partial charge in [-0.2, -0.15) is 0 Å². The molecule has 3 rings (SSSR count). The third-order valence-corrected chi connectivity index (χ3v) is 5.89. The molecule has 6 nitrogen and oxygen atoms in total. The first kappa shape index (κ1) is 23.5. The SMILES string of the molecule is CCOC(=O)C1=C(COCCN)NC2=C(C(=O)CC(C)(C)C2)C1C1=C(Cl)C=CCC=C1. The molecule has 0 spiro atoms. The number of nitrogens with two attached hydrogens (primary N) is 1. The van der Waals surface area contributed by atoms with E-state index in [0.717, 1.165) is 17.7 Å². The third-order valence-electron chi connectivity index (χ3n) is 5.55. The van der Waals surface area contributed by atoms with Gasteiger partial charge in [0.15, 0.2) is 5.78 Å². The van der Waals surface area contributed by atoms with Crippen LogP contribution in [-0.2, 0) is 19.1 Å². The van der Waals surface area contributed by atoms with Crippen molar-refractivity contribution in [1.29, 1.82) is 0 Å². The molecular formula is C24H31ClN2O4. The van der Waals surface area contributed by atoms with Gasteiger partial charge in [0.25, 0.3) is 0 Å². The Morgan fingerprint density at radius 2 is 2.03 bits per heavy atom. The fraction of sp³-hybridized carbons (Fsp3) is 0.500. The van der Waals surface area contributed by atoms with E-state index < -0.39 is 11.9 Å². The van der Waals surface area contributed by atoms with Crippen LogP contribution in [-0.4, -0.2) is 38.1 Å². The summed E-state index contributed by atoms with van der Waals surface area (Å²) < 4.78 is 11.1. The van der Waals surface area contributed by atoms with E-state index in [1.807, 2.05) is 24.3 Å². The zero-order chi connectivity index (χ0) is 22.6. The molecule has 2 aliphatic carbocycles. The lowest BCUT2D eigenvalue weighted by Crippen LogP contribution is -2.41. The molecule has 168 valence electrons. The number of rotatable bonds is 7. The van der Waals surface area contributed by atoms with Gasteiger partial charge in [0.1, 0.15) is 0 Å².